The Kier molecular flexibility index (Phi) is 3.61. The number of aromatic nitrogens is 2. The van der Waals surface area contributed by atoms with Gasteiger partial charge < -0.3 is 4.74 Å². The van der Waals surface area contributed by atoms with Crippen LogP contribution in [0, 0.1) is 11.3 Å². The highest BCUT2D eigenvalue weighted by atomic mass is 35.5. The average Bonchev–Trinajstić information content (AvgIpc) is 2.49. The molecular formula is C15H7Cl2N3O. The highest BCUT2D eigenvalue weighted by Gasteiger charge is 2.12. The molecule has 0 bridgehead atoms. The summed E-state index contributed by atoms with van der Waals surface area (Å²) in [7, 11) is 0. The zero-order valence-electron chi connectivity index (χ0n) is 10.5. The van der Waals surface area contributed by atoms with Crippen molar-refractivity contribution in [2.75, 3.05) is 0 Å². The number of halogens is 2. The number of hydrogen-bond donors (Lipinski definition) is 0. The van der Waals surface area contributed by atoms with E-state index in [0.29, 0.717) is 26.8 Å². The SMILES string of the molecule is N#Cc1nc2ccccc2nc1Oc1ccc(Cl)cc1Cl. The van der Waals surface area contributed by atoms with Crippen LogP contribution in [-0.4, -0.2) is 9.97 Å². The summed E-state index contributed by atoms with van der Waals surface area (Å²) in [6.07, 6.45) is 0. The van der Waals surface area contributed by atoms with E-state index in [1.807, 2.05) is 18.2 Å². The molecule has 0 saturated carbocycles. The lowest BCUT2D eigenvalue weighted by atomic mass is 10.3. The molecule has 0 aliphatic rings. The van der Waals surface area contributed by atoms with Gasteiger partial charge in [0.1, 0.15) is 11.8 Å². The predicted molar refractivity (Wildman–Crippen MR) is 80.8 cm³/mol. The van der Waals surface area contributed by atoms with E-state index >= 15 is 0 Å². The summed E-state index contributed by atoms with van der Waals surface area (Å²) in [4.78, 5) is 8.53. The van der Waals surface area contributed by atoms with Gasteiger partial charge in [-0.3, -0.25) is 0 Å². The van der Waals surface area contributed by atoms with E-state index in [9.17, 15) is 5.26 Å². The molecule has 0 aliphatic heterocycles. The van der Waals surface area contributed by atoms with E-state index in [-0.39, 0.29) is 11.6 Å². The molecule has 0 unspecified atom stereocenters. The average molecular weight is 316 g/mol. The number of rotatable bonds is 2. The third kappa shape index (κ3) is 2.75. The van der Waals surface area contributed by atoms with Gasteiger partial charge in [-0.25, -0.2) is 9.97 Å². The summed E-state index contributed by atoms with van der Waals surface area (Å²) >= 11 is 11.9. The molecule has 0 N–H and O–H groups in total. The second kappa shape index (κ2) is 5.57. The molecule has 0 atom stereocenters. The first kappa shape index (κ1) is 13.6. The van der Waals surface area contributed by atoms with Crippen LogP contribution in [0.4, 0.5) is 0 Å². The molecule has 1 aromatic heterocycles. The first-order valence-electron chi connectivity index (χ1n) is 5.97. The summed E-state index contributed by atoms with van der Waals surface area (Å²) in [5.74, 6) is 0.475. The molecule has 2 aromatic carbocycles. The second-order valence-corrected chi connectivity index (χ2v) is 5.00. The summed E-state index contributed by atoms with van der Waals surface area (Å²) in [5.41, 5.74) is 1.36. The smallest absolute Gasteiger partial charge is 0.257 e. The van der Waals surface area contributed by atoms with Crippen molar-refractivity contribution in [1.82, 2.24) is 9.97 Å². The fourth-order valence-electron chi connectivity index (χ4n) is 1.79. The number of para-hydroxylation sites is 2. The van der Waals surface area contributed by atoms with Crippen LogP contribution in [0.2, 0.25) is 10.0 Å². The van der Waals surface area contributed by atoms with Crippen molar-refractivity contribution in [3.63, 3.8) is 0 Å². The fraction of sp³-hybridized carbons (Fsp3) is 0. The molecule has 0 saturated heterocycles. The maximum atomic E-state index is 9.18. The Morgan fingerprint density at radius 3 is 2.38 bits per heavy atom. The van der Waals surface area contributed by atoms with E-state index in [1.54, 1.807) is 30.3 Å². The Morgan fingerprint density at radius 2 is 1.71 bits per heavy atom. The largest absolute Gasteiger partial charge is 0.435 e. The maximum Gasteiger partial charge on any atom is 0.257 e. The van der Waals surface area contributed by atoms with Crippen molar-refractivity contribution in [1.29, 1.82) is 5.26 Å². The summed E-state index contributed by atoms with van der Waals surface area (Å²) in [6.45, 7) is 0. The molecule has 102 valence electrons. The molecule has 21 heavy (non-hydrogen) atoms. The maximum absolute atomic E-state index is 9.18. The first-order valence-corrected chi connectivity index (χ1v) is 6.73. The zero-order chi connectivity index (χ0) is 14.8. The second-order valence-electron chi connectivity index (χ2n) is 4.15. The Bertz CT molecular complexity index is 874. The van der Waals surface area contributed by atoms with Gasteiger partial charge in [0.05, 0.1) is 16.1 Å². The van der Waals surface area contributed by atoms with E-state index < -0.39 is 0 Å². The van der Waals surface area contributed by atoms with Crippen LogP contribution >= 0.6 is 23.2 Å². The number of nitriles is 1. The Labute approximate surface area is 130 Å². The Balaban J connectivity index is 2.09. The molecule has 0 spiro atoms. The van der Waals surface area contributed by atoms with Gasteiger partial charge in [-0.2, -0.15) is 5.26 Å². The highest BCUT2D eigenvalue weighted by Crippen LogP contribution is 2.32. The molecule has 3 aromatic rings. The Morgan fingerprint density at radius 1 is 1.00 bits per heavy atom. The standard InChI is InChI=1S/C15H7Cl2N3O/c16-9-5-6-14(10(17)7-9)21-15-13(8-18)19-11-3-1-2-4-12(11)20-15/h1-7H. The van der Waals surface area contributed by atoms with Gasteiger partial charge in [-0.15, -0.1) is 0 Å². The minimum absolute atomic E-state index is 0.0970. The molecule has 0 amide bonds. The topological polar surface area (TPSA) is 58.8 Å². The van der Waals surface area contributed by atoms with Gasteiger partial charge in [0, 0.05) is 5.02 Å². The Hall–Kier alpha value is -2.35. The number of nitrogens with zero attached hydrogens (tertiary/aromatic N) is 3. The summed E-state index contributed by atoms with van der Waals surface area (Å²) < 4.78 is 5.61. The van der Waals surface area contributed by atoms with Crippen LogP contribution < -0.4 is 4.74 Å². The van der Waals surface area contributed by atoms with Gasteiger partial charge in [0.2, 0.25) is 5.69 Å². The van der Waals surface area contributed by atoms with Crippen molar-refractivity contribution in [3.05, 3.63) is 58.2 Å². The molecule has 0 aliphatic carbocycles. The lowest BCUT2D eigenvalue weighted by Crippen LogP contribution is -1.96. The molecule has 0 fully saturated rings. The van der Waals surface area contributed by atoms with Gasteiger partial charge in [-0.05, 0) is 30.3 Å². The fourth-order valence-corrected chi connectivity index (χ4v) is 2.24. The van der Waals surface area contributed by atoms with Crippen LogP contribution in [0.1, 0.15) is 5.69 Å². The van der Waals surface area contributed by atoms with E-state index in [2.05, 4.69) is 9.97 Å². The zero-order valence-corrected chi connectivity index (χ0v) is 12.1. The van der Waals surface area contributed by atoms with Crippen molar-refractivity contribution in [3.8, 4) is 17.7 Å². The predicted octanol–water partition coefficient (Wildman–Crippen LogP) is 4.60. The lowest BCUT2D eigenvalue weighted by Gasteiger charge is -2.08. The van der Waals surface area contributed by atoms with E-state index in [4.69, 9.17) is 27.9 Å². The van der Waals surface area contributed by atoms with Crippen LogP contribution in [-0.2, 0) is 0 Å². The van der Waals surface area contributed by atoms with Crippen molar-refractivity contribution in [2.24, 2.45) is 0 Å². The van der Waals surface area contributed by atoms with Crippen molar-refractivity contribution in [2.45, 2.75) is 0 Å². The molecule has 4 nitrogen and oxygen atoms in total. The van der Waals surface area contributed by atoms with E-state index in [0.717, 1.165) is 0 Å². The van der Waals surface area contributed by atoms with Gasteiger partial charge >= 0.3 is 0 Å². The number of hydrogen-bond acceptors (Lipinski definition) is 4. The third-order valence-corrected chi connectivity index (χ3v) is 3.28. The first-order chi connectivity index (χ1) is 10.2. The minimum atomic E-state index is 0.0970. The summed E-state index contributed by atoms with van der Waals surface area (Å²) in [5, 5.41) is 10.0. The number of ether oxygens (including phenoxy) is 1. The highest BCUT2D eigenvalue weighted by molar-refractivity contribution is 6.35. The van der Waals surface area contributed by atoms with Crippen molar-refractivity contribution >= 4 is 34.2 Å². The number of fused-ring (bicyclic) bond motifs is 1. The van der Waals surface area contributed by atoms with Crippen LogP contribution in [0.5, 0.6) is 11.6 Å². The van der Waals surface area contributed by atoms with Crippen LogP contribution in [0.25, 0.3) is 11.0 Å². The molecular weight excluding hydrogens is 309 g/mol. The normalized spacial score (nSPS) is 10.3. The third-order valence-electron chi connectivity index (χ3n) is 2.75. The quantitative estimate of drug-likeness (QED) is 0.693. The van der Waals surface area contributed by atoms with Crippen LogP contribution in [0.3, 0.4) is 0 Å². The lowest BCUT2D eigenvalue weighted by molar-refractivity contribution is 0.461. The van der Waals surface area contributed by atoms with Gasteiger partial charge in [-0.1, -0.05) is 35.3 Å². The minimum Gasteiger partial charge on any atom is -0.435 e. The van der Waals surface area contributed by atoms with Crippen molar-refractivity contribution < 1.29 is 4.74 Å². The molecule has 6 heteroatoms. The monoisotopic (exact) mass is 315 g/mol. The van der Waals surface area contributed by atoms with Gasteiger partial charge in [0.15, 0.2) is 0 Å². The summed E-state index contributed by atoms with van der Waals surface area (Å²) in [6, 6.07) is 14.0. The molecule has 3 rings (SSSR count). The van der Waals surface area contributed by atoms with Gasteiger partial charge in [0.25, 0.3) is 5.88 Å². The molecule has 1 heterocycles. The van der Waals surface area contributed by atoms with E-state index in [1.165, 1.54) is 0 Å². The molecule has 0 radical (unpaired) electrons. The van der Waals surface area contributed by atoms with Crippen LogP contribution in [0.15, 0.2) is 42.5 Å². The number of benzene rings is 2.